The predicted octanol–water partition coefficient (Wildman–Crippen LogP) is 2.08. The number of fused-ring (bicyclic) bond motifs is 1. The SMILES string of the molecule is Cc1ccc2ccccc2c1N1CCNC(=O)C1. The lowest BCUT2D eigenvalue weighted by Gasteiger charge is -2.31. The number of rotatable bonds is 1. The molecule has 0 aliphatic carbocycles. The molecule has 18 heavy (non-hydrogen) atoms. The molecule has 0 radical (unpaired) electrons. The van der Waals surface area contributed by atoms with Crippen LogP contribution < -0.4 is 10.2 Å². The Hall–Kier alpha value is -2.03. The van der Waals surface area contributed by atoms with Crippen molar-refractivity contribution in [2.75, 3.05) is 24.5 Å². The van der Waals surface area contributed by atoms with Crippen molar-refractivity contribution in [2.45, 2.75) is 6.92 Å². The third-order valence-electron chi connectivity index (χ3n) is 3.46. The summed E-state index contributed by atoms with van der Waals surface area (Å²) in [6.07, 6.45) is 0. The molecule has 0 saturated carbocycles. The summed E-state index contributed by atoms with van der Waals surface area (Å²) < 4.78 is 0. The number of carbonyl (C=O) groups excluding carboxylic acids is 1. The molecule has 3 rings (SSSR count). The molecule has 3 heteroatoms. The van der Waals surface area contributed by atoms with E-state index >= 15 is 0 Å². The summed E-state index contributed by atoms with van der Waals surface area (Å²) in [6.45, 7) is 4.16. The summed E-state index contributed by atoms with van der Waals surface area (Å²) in [5.74, 6) is 0.105. The molecule has 0 spiro atoms. The van der Waals surface area contributed by atoms with Crippen molar-refractivity contribution < 1.29 is 4.79 Å². The average molecular weight is 240 g/mol. The van der Waals surface area contributed by atoms with E-state index < -0.39 is 0 Å². The molecular weight excluding hydrogens is 224 g/mol. The quantitative estimate of drug-likeness (QED) is 0.827. The van der Waals surface area contributed by atoms with Gasteiger partial charge in [0.05, 0.1) is 6.54 Å². The molecule has 2 aromatic carbocycles. The van der Waals surface area contributed by atoms with Crippen molar-refractivity contribution in [3.8, 4) is 0 Å². The van der Waals surface area contributed by atoms with Gasteiger partial charge in [-0.2, -0.15) is 0 Å². The number of hydrogen-bond donors (Lipinski definition) is 1. The van der Waals surface area contributed by atoms with Crippen molar-refractivity contribution in [1.29, 1.82) is 0 Å². The van der Waals surface area contributed by atoms with Gasteiger partial charge in [0.25, 0.3) is 0 Å². The van der Waals surface area contributed by atoms with Crippen LogP contribution in [0.4, 0.5) is 5.69 Å². The van der Waals surface area contributed by atoms with E-state index in [2.05, 4.69) is 47.5 Å². The zero-order valence-corrected chi connectivity index (χ0v) is 10.4. The summed E-state index contributed by atoms with van der Waals surface area (Å²) in [5, 5.41) is 5.32. The second-order valence-corrected chi connectivity index (χ2v) is 4.72. The number of piperazine rings is 1. The Balaban J connectivity index is 2.14. The highest BCUT2D eigenvalue weighted by Crippen LogP contribution is 2.30. The molecule has 3 nitrogen and oxygen atoms in total. The fraction of sp³-hybridized carbons (Fsp3) is 0.267. The molecule has 0 atom stereocenters. The Labute approximate surface area is 106 Å². The minimum atomic E-state index is 0.105. The molecule has 1 aliphatic rings. The van der Waals surface area contributed by atoms with Gasteiger partial charge in [0, 0.05) is 24.2 Å². The first-order chi connectivity index (χ1) is 8.75. The number of nitrogens with one attached hydrogen (secondary N) is 1. The second kappa shape index (κ2) is 4.33. The van der Waals surface area contributed by atoms with Gasteiger partial charge in [0.1, 0.15) is 0 Å². The third-order valence-corrected chi connectivity index (χ3v) is 3.46. The molecule has 92 valence electrons. The first-order valence-electron chi connectivity index (χ1n) is 6.26. The molecule has 0 bridgehead atoms. The molecule has 1 fully saturated rings. The summed E-state index contributed by atoms with van der Waals surface area (Å²) >= 11 is 0. The average Bonchev–Trinajstić information content (AvgIpc) is 2.38. The zero-order chi connectivity index (χ0) is 12.5. The van der Waals surface area contributed by atoms with Gasteiger partial charge in [-0.05, 0) is 17.9 Å². The first kappa shape index (κ1) is 11.1. The number of amides is 1. The summed E-state index contributed by atoms with van der Waals surface area (Å²) in [7, 11) is 0. The minimum absolute atomic E-state index is 0.105. The van der Waals surface area contributed by atoms with Crippen LogP contribution in [-0.2, 0) is 4.79 Å². The van der Waals surface area contributed by atoms with Crippen LogP contribution in [0.25, 0.3) is 10.8 Å². The van der Waals surface area contributed by atoms with E-state index in [1.54, 1.807) is 0 Å². The highest BCUT2D eigenvalue weighted by Gasteiger charge is 2.19. The maximum absolute atomic E-state index is 11.5. The highest BCUT2D eigenvalue weighted by molar-refractivity contribution is 5.97. The van der Waals surface area contributed by atoms with E-state index in [1.165, 1.54) is 22.0 Å². The highest BCUT2D eigenvalue weighted by atomic mass is 16.2. The van der Waals surface area contributed by atoms with Crippen LogP contribution in [0.5, 0.6) is 0 Å². The van der Waals surface area contributed by atoms with E-state index in [9.17, 15) is 4.79 Å². The molecule has 0 aromatic heterocycles. The van der Waals surface area contributed by atoms with Gasteiger partial charge in [-0.1, -0.05) is 36.4 Å². The van der Waals surface area contributed by atoms with Gasteiger partial charge in [-0.3, -0.25) is 4.79 Å². The topological polar surface area (TPSA) is 32.3 Å². The molecule has 1 amide bonds. The Morgan fingerprint density at radius 1 is 1.17 bits per heavy atom. The van der Waals surface area contributed by atoms with Crippen molar-refractivity contribution >= 4 is 22.4 Å². The van der Waals surface area contributed by atoms with E-state index in [0.29, 0.717) is 6.54 Å². The van der Waals surface area contributed by atoms with E-state index in [-0.39, 0.29) is 5.91 Å². The summed E-state index contributed by atoms with van der Waals surface area (Å²) in [6, 6.07) is 12.6. The van der Waals surface area contributed by atoms with E-state index in [1.807, 2.05) is 6.07 Å². The normalized spacial score (nSPS) is 15.8. The number of nitrogens with zero attached hydrogens (tertiary/aromatic N) is 1. The maximum Gasteiger partial charge on any atom is 0.239 e. The van der Waals surface area contributed by atoms with Gasteiger partial charge in [0.2, 0.25) is 5.91 Å². The number of anilines is 1. The van der Waals surface area contributed by atoms with E-state index in [4.69, 9.17) is 0 Å². The Kier molecular flexibility index (Phi) is 2.67. The van der Waals surface area contributed by atoms with Gasteiger partial charge in [-0.15, -0.1) is 0 Å². The Morgan fingerprint density at radius 3 is 2.83 bits per heavy atom. The molecule has 1 N–H and O–H groups in total. The molecule has 2 aromatic rings. The smallest absolute Gasteiger partial charge is 0.239 e. The lowest BCUT2D eigenvalue weighted by atomic mass is 10.0. The second-order valence-electron chi connectivity index (χ2n) is 4.72. The standard InChI is InChI=1S/C15H16N2O/c1-11-6-7-12-4-2-3-5-13(12)15(11)17-9-8-16-14(18)10-17/h2-7H,8-10H2,1H3,(H,16,18). The van der Waals surface area contributed by atoms with Crippen LogP contribution in [0.15, 0.2) is 36.4 Å². The zero-order valence-electron chi connectivity index (χ0n) is 10.4. The van der Waals surface area contributed by atoms with E-state index in [0.717, 1.165) is 13.1 Å². The fourth-order valence-electron chi connectivity index (χ4n) is 2.61. The number of hydrogen-bond acceptors (Lipinski definition) is 2. The molecular formula is C15H16N2O. The largest absolute Gasteiger partial charge is 0.360 e. The Bertz CT molecular complexity index is 606. The van der Waals surface area contributed by atoms with Crippen LogP contribution in [0, 0.1) is 6.92 Å². The van der Waals surface area contributed by atoms with Gasteiger partial charge in [-0.25, -0.2) is 0 Å². The van der Waals surface area contributed by atoms with Crippen molar-refractivity contribution in [2.24, 2.45) is 0 Å². The molecule has 1 heterocycles. The van der Waals surface area contributed by atoms with Gasteiger partial charge >= 0.3 is 0 Å². The number of carbonyl (C=O) groups is 1. The van der Waals surface area contributed by atoms with Crippen LogP contribution in [0.2, 0.25) is 0 Å². The predicted molar refractivity (Wildman–Crippen MR) is 73.9 cm³/mol. The molecule has 1 aliphatic heterocycles. The molecule has 1 saturated heterocycles. The van der Waals surface area contributed by atoms with Crippen molar-refractivity contribution in [3.05, 3.63) is 42.0 Å². The molecule has 0 unspecified atom stereocenters. The first-order valence-corrected chi connectivity index (χ1v) is 6.26. The number of aryl methyl sites for hydroxylation is 1. The third kappa shape index (κ3) is 1.82. The Morgan fingerprint density at radius 2 is 2.00 bits per heavy atom. The maximum atomic E-state index is 11.5. The van der Waals surface area contributed by atoms with Gasteiger partial charge in [0.15, 0.2) is 0 Å². The van der Waals surface area contributed by atoms with Crippen LogP contribution in [0.1, 0.15) is 5.56 Å². The fourth-order valence-corrected chi connectivity index (χ4v) is 2.61. The van der Waals surface area contributed by atoms with Gasteiger partial charge < -0.3 is 10.2 Å². The lowest BCUT2D eigenvalue weighted by Crippen LogP contribution is -2.48. The van der Waals surface area contributed by atoms with Crippen LogP contribution in [-0.4, -0.2) is 25.5 Å². The minimum Gasteiger partial charge on any atom is -0.360 e. The lowest BCUT2D eigenvalue weighted by molar-refractivity contribution is -0.120. The monoisotopic (exact) mass is 240 g/mol. The summed E-state index contributed by atoms with van der Waals surface area (Å²) in [5.41, 5.74) is 2.42. The number of benzene rings is 2. The van der Waals surface area contributed by atoms with Crippen molar-refractivity contribution in [3.63, 3.8) is 0 Å². The van der Waals surface area contributed by atoms with Crippen molar-refractivity contribution in [1.82, 2.24) is 5.32 Å². The summed E-state index contributed by atoms with van der Waals surface area (Å²) in [4.78, 5) is 13.7. The van der Waals surface area contributed by atoms with Crippen LogP contribution >= 0.6 is 0 Å². The van der Waals surface area contributed by atoms with Crippen LogP contribution in [0.3, 0.4) is 0 Å².